The number of methoxy groups -OCH3 is 1. The number of anilines is 1. The lowest BCUT2D eigenvalue weighted by Crippen LogP contribution is -2.32. The molecule has 0 heterocycles. The van der Waals surface area contributed by atoms with Crippen LogP contribution in [0.1, 0.15) is 36.0 Å². The van der Waals surface area contributed by atoms with Gasteiger partial charge in [-0.05, 0) is 37.8 Å². The molecule has 1 fully saturated rings. The summed E-state index contributed by atoms with van der Waals surface area (Å²) in [7, 11) is 1.53. The molecule has 104 valence electrons. The van der Waals surface area contributed by atoms with Crippen LogP contribution in [0.2, 0.25) is 0 Å². The lowest BCUT2D eigenvalue weighted by Gasteiger charge is -2.27. The van der Waals surface area contributed by atoms with E-state index in [0.717, 1.165) is 31.4 Å². The van der Waals surface area contributed by atoms with Gasteiger partial charge in [0.25, 0.3) is 5.91 Å². The van der Waals surface area contributed by atoms with Gasteiger partial charge in [-0.15, -0.1) is 0 Å². The van der Waals surface area contributed by atoms with Crippen molar-refractivity contribution in [3.63, 3.8) is 0 Å². The quantitative estimate of drug-likeness (QED) is 0.767. The fraction of sp³-hybridized carbons (Fsp3) is 0.500. The van der Waals surface area contributed by atoms with Crippen LogP contribution in [-0.4, -0.2) is 25.1 Å². The summed E-state index contributed by atoms with van der Waals surface area (Å²) >= 11 is 0. The van der Waals surface area contributed by atoms with Crippen molar-refractivity contribution >= 4 is 11.6 Å². The number of amides is 1. The Morgan fingerprint density at radius 3 is 2.58 bits per heavy atom. The van der Waals surface area contributed by atoms with Crippen LogP contribution < -0.4 is 21.5 Å². The number of ether oxygens (including phenoxy) is 1. The van der Waals surface area contributed by atoms with Gasteiger partial charge in [0.2, 0.25) is 0 Å². The third-order valence-electron chi connectivity index (χ3n) is 3.61. The van der Waals surface area contributed by atoms with Gasteiger partial charge in [0.1, 0.15) is 5.75 Å². The molecule has 0 atom stereocenters. The van der Waals surface area contributed by atoms with Crippen LogP contribution in [0, 0.1) is 0 Å². The van der Waals surface area contributed by atoms with E-state index in [0.29, 0.717) is 23.4 Å². The Labute approximate surface area is 113 Å². The molecule has 0 aromatic heterocycles. The molecule has 1 aromatic carbocycles. The van der Waals surface area contributed by atoms with Crippen LogP contribution in [0.5, 0.6) is 5.75 Å². The summed E-state index contributed by atoms with van der Waals surface area (Å²) in [5, 5.41) is 3.45. The molecule has 1 aromatic rings. The minimum Gasteiger partial charge on any atom is -0.496 e. The van der Waals surface area contributed by atoms with Crippen molar-refractivity contribution < 1.29 is 9.53 Å². The second-order valence-corrected chi connectivity index (χ2v) is 5.04. The first-order chi connectivity index (χ1) is 9.10. The van der Waals surface area contributed by atoms with Gasteiger partial charge in [0.15, 0.2) is 0 Å². The molecule has 0 bridgehead atoms. The molecule has 5 heteroatoms. The van der Waals surface area contributed by atoms with Gasteiger partial charge in [-0.1, -0.05) is 0 Å². The molecule has 1 saturated carbocycles. The van der Waals surface area contributed by atoms with Crippen molar-refractivity contribution in [3.05, 3.63) is 23.8 Å². The smallest absolute Gasteiger partial charge is 0.252 e. The molecule has 0 saturated heterocycles. The van der Waals surface area contributed by atoms with Crippen molar-refractivity contribution in [1.82, 2.24) is 0 Å². The van der Waals surface area contributed by atoms with E-state index in [1.807, 2.05) is 12.1 Å². The molecule has 5 N–H and O–H groups in total. The van der Waals surface area contributed by atoms with Crippen molar-refractivity contribution in [2.24, 2.45) is 11.5 Å². The Bertz CT molecular complexity index is 454. The second kappa shape index (κ2) is 5.93. The average Bonchev–Trinajstić information content (AvgIpc) is 2.41. The Morgan fingerprint density at radius 1 is 1.32 bits per heavy atom. The zero-order chi connectivity index (χ0) is 13.8. The highest BCUT2D eigenvalue weighted by Crippen LogP contribution is 2.26. The van der Waals surface area contributed by atoms with Crippen LogP contribution in [0.3, 0.4) is 0 Å². The third-order valence-corrected chi connectivity index (χ3v) is 3.61. The minimum absolute atomic E-state index is 0.338. The molecular weight excluding hydrogens is 242 g/mol. The van der Waals surface area contributed by atoms with Crippen molar-refractivity contribution in [3.8, 4) is 5.75 Å². The molecule has 1 aliphatic rings. The highest BCUT2D eigenvalue weighted by molar-refractivity contribution is 5.96. The number of hydrogen-bond donors (Lipinski definition) is 3. The van der Waals surface area contributed by atoms with Gasteiger partial charge < -0.3 is 21.5 Å². The van der Waals surface area contributed by atoms with Crippen molar-refractivity contribution in [2.75, 3.05) is 12.4 Å². The second-order valence-electron chi connectivity index (χ2n) is 5.04. The van der Waals surface area contributed by atoms with E-state index in [-0.39, 0.29) is 0 Å². The van der Waals surface area contributed by atoms with Gasteiger partial charge in [-0.25, -0.2) is 0 Å². The molecule has 0 aliphatic heterocycles. The van der Waals surface area contributed by atoms with Crippen LogP contribution in [0.4, 0.5) is 5.69 Å². The van der Waals surface area contributed by atoms with Gasteiger partial charge in [-0.2, -0.15) is 0 Å². The van der Waals surface area contributed by atoms with Crippen LogP contribution in [-0.2, 0) is 0 Å². The SMILES string of the molecule is COc1cc(N[C@H]2CC[C@@H](N)CC2)ccc1C(N)=O. The molecule has 1 amide bonds. The summed E-state index contributed by atoms with van der Waals surface area (Å²) in [5.74, 6) is 0.0250. The highest BCUT2D eigenvalue weighted by atomic mass is 16.5. The molecule has 0 unspecified atom stereocenters. The van der Waals surface area contributed by atoms with Gasteiger partial charge in [0.05, 0.1) is 12.7 Å². The minimum atomic E-state index is -0.480. The normalized spacial score (nSPS) is 22.8. The lowest BCUT2D eigenvalue weighted by atomic mass is 9.91. The zero-order valence-corrected chi connectivity index (χ0v) is 11.2. The molecule has 2 rings (SSSR count). The predicted molar refractivity (Wildman–Crippen MR) is 75.4 cm³/mol. The average molecular weight is 263 g/mol. The monoisotopic (exact) mass is 263 g/mol. The third kappa shape index (κ3) is 3.38. The molecule has 5 nitrogen and oxygen atoms in total. The summed E-state index contributed by atoms with van der Waals surface area (Å²) < 4.78 is 5.19. The molecule has 1 aliphatic carbocycles. The first-order valence-electron chi connectivity index (χ1n) is 6.60. The van der Waals surface area contributed by atoms with Crippen LogP contribution >= 0.6 is 0 Å². The standard InChI is InChI=1S/C14H21N3O2/c1-19-13-8-11(6-7-12(13)14(16)18)17-10-4-2-9(15)3-5-10/h6-10,17H,2-5,15H2,1H3,(H2,16,18)/t9-,10+. The van der Waals surface area contributed by atoms with Crippen molar-refractivity contribution in [1.29, 1.82) is 0 Å². The maximum atomic E-state index is 11.2. The van der Waals surface area contributed by atoms with E-state index >= 15 is 0 Å². The number of hydrogen-bond acceptors (Lipinski definition) is 4. The van der Waals surface area contributed by atoms with E-state index < -0.39 is 5.91 Å². The largest absolute Gasteiger partial charge is 0.496 e. The summed E-state index contributed by atoms with van der Waals surface area (Å²) in [6.45, 7) is 0. The number of nitrogens with two attached hydrogens (primary N) is 2. The Morgan fingerprint density at radius 2 is 2.00 bits per heavy atom. The van der Waals surface area contributed by atoms with E-state index in [1.54, 1.807) is 6.07 Å². The fourth-order valence-electron chi connectivity index (χ4n) is 2.48. The van der Waals surface area contributed by atoms with E-state index in [9.17, 15) is 4.79 Å². The van der Waals surface area contributed by atoms with Crippen LogP contribution in [0.25, 0.3) is 0 Å². The van der Waals surface area contributed by atoms with Gasteiger partial charge in [0, 0.05) is 23.8 Å². The predicted octanol–water partition coefficient (Wildman–Crippen LogP) is 1.48. The molecule has 0 spiro atoms. The number of rotatable bonds is 4. The number of carbonyl (C=O) groups is 1. The Kier molecular flexibility index (Phi) is 4.27. The van der Waals surface area contributed by atoms with Crippen molar-refractivity contribution in [2.45, 2.75) is 37.8 Å². The molecule has 19 heavy (non-hydrogen) atoms. The maximum Gasteiger partial charge on any atom is 0.252 e. The van der Waals surface area contributed by atoms with E-state index in [4.69, 9.17) is 16.2 Å². The van der Waals surface area contributed by atoms with Crippen LogP contribution in [0.15, 0.2) is 18.2 Å². The summed E-state index contributed by atoms with van der Waals surface area (Å²) in [5.41, 5.74) is 12.5. The van der Waals surface area contributed by atoms with E-state index in [1.165, 1.54) is 7.11 Å². The zero-order valence-electron chi connectivity index (χ0n) is 11.2. The number of primary amides is 1. The Hall–Kier alpha value is -1.75. The fourth-order valence-corrected chi connectivity index (χ4v) is 2.48. The number of nitrogens with one attached hydrogen (secondary N) is 1. The molecule has 0 radical (unpaired) electrons. The van der Waals surface area contributed by atoms with Gasteiger partial charge in [-0.3, -0.25) is 4.79 Å². The first kappa shape index (κ1) is 13.7. The number of benzene rings is 1. The molecular formula is C14H21N3O2. The Balaban J connectivity index is 2.07. The summed E-state index contributed by atoms with van der Waals surface area (Å²) in [6, 6.07) is 6.14. The highest BCUT2D eigenvalue weighted by Gasteiger charge is 2.18. The topological polar surface area (TPSA) is 90.4 Å². The lowest BCUT2D eigenvalue weighted by molar-refractivity contribution is 0.0997. The van der Waals surface area contributed by atoms with Gasteiger partial charge >= 0.3 is 0 Å². The summed E-state index contributed by atoms with van der Waals surface area (Å²) in [6.07, 6.45) is 4.24. The number of carbonyl (C=O) groups excluding carboxylic acids is 1. The summed E-state index contributed by atoms with van der Waals surface area (Å²) in [4.78, 5) is 11.2. The first-order valence-corrected chi connectivity index (χ1v) is 6.60. The van der Waals surface area contributed by atoms with E-state index in [2.05, 4.69) is 5.32 Å². The maximum absolute atomic E-state index is 11.2.